The van der Waals surface area contributed by atoms with Gasteiger partial charge in [-0.15, -0.1) is 10.2 Å². The molecule has 0 aliphatic heterocycles. The number of fused-ring (bicyclic) bond motifs is 1. The molecule has 0 aliphatic carbocycles. The molecule has 0 saturated carbocycles. The number of anilines is 2. The summed E-state index contributed by atoms with van der Waals surface area (Å²) in [5, 5.41) is 16.6. The van der Waals surface area contributed by atoms with Crippen LogP contribution in [0, 0.1) is 0 Å². The minimum Gasteiger partial charge on any atom is -0.462 e. The van der Waals surface area contributed by atoms with Gasteiger partial charge in [0.25, 0.3) is 5.91 Å². The van der Waals surface area contributed by atoms with Gasteiger partial charge in [0.1, 0.15) is 5.69 Å². The lowest BCUT2D eigenvalue weighted by atomic mass is 10.0. The number of nitrogens with one attached hydrogen (secondary N) is 2. The van der Waals surface area contributed by atoms with Crippen LogP contribution in [-0.4, -0.2) is 35.7 Å². The molecule has 1 aromatic heterocycles. The average Bonchev–Trinajstić information content (AvgIpc) is 2.84. The van der Waals surface area contributed by atoms with E-state index in [0.29, 0.717) is 23.6 Å². The second-order valence-electron chi connectivity index (χ2n) is 7.02. The van der Waals surface area contributed by atoms with Crippen LogP contribution in [0.4, 0.5) is 11.5 Å². The molecule has 0 atom stereocenters. The van der Waals surface area contributed by atoms with E-state index in [0.717, 1.165) is 27.7 Å². The fourth-order valence-corrected chi connectivity index (χ4v) is 3.37. The Morgan fingerprint density at radius 2 is 1.50 bits per heavy atom. The number of carbonyl (C=O) groups excluding carboxylic acids is 2. The number of hydrogen-bond acceptors (Lipinski definition) is 6. The maximum absolute atomic E-state index is 11.9. The van der Waals surface area contributed by atoms with Gasteiger partial charge in [0.2, 0.25) is 0 Å². The van der Waals surface area contributed by atoms with Crippen LogP contribution < -0.4 is 10.6 Å². The van der Waals surface area contributed by atoms with Crippen molar-refractivity contribution in [1.82, 2.24) is 15.5 Å². The van der Waals surface area contributed by atoms with Gasteiger partial charge in [-0.25, -0.2) is 4.79 Å². The van der Waals surface area contributed by atoms with Gasteiger partial charge in [0.05, 0.1) is 12.2 Å². The molecule has 0 bridgehead atoms. The Morgan fingerprint density at radius 3 is 2.16 bits per heavy atom. The summed E-state index contributed by atoms with van der Waals surface area (Å²) >= 11 is 0. The lowest BCUT2D eigenvalue weighted by molar-refractivity contribution is 0.0526. The standard InChI is InChI=1S/C25H22N4O3/c1-3-32-25(31)18-10-8-16(9-11-18)22-20-6-4-5-7-21(20)23(29-28-22)27-19-14-12-17(13-15-19)24(30)26-2/h4-15H,3H2,1-2H3,(H,26,30)(H,27,29). The van der Waals surface area contributed by atoms with Gasteiger partial charge in [-0.3, -0.25) is 4.79 Å². The van der Waals surface area contributed by atoms with Gasteiger partial charge in [0.15, 0.2) is 5.82 Å². The fourth-order valence-electron chi connectivity index (χ4n) is 3.37. The Labute approximate surface area is 185 Å². The van der Waals surface area contributed by atoms with E-state index in [1.54, 1.807) is 38.2 Å². The fraction of sp³-hybridized carbons (Fsp3) is 0.120. The molecule has 2 N–H and O–H groups in total. The number of carbonyl (C=O) groups is 2. The molecule has 4 aromatic rings. The highest BCUT2D eigenvalue weighted by Crippen LogP contribution is 2.31. The van der Waals surface area contributed by atoms with E-state index in [2.05, 4.69) is 20.8 Å². The van der Waals surface area contributed by atoms with Crippen molar-refractivity contribution in [3.05, 3.63) is 83.9 Å². The number of benzene rings is 3. The maximum Gasteiger partial charge on any atom is 0.338 e. The minimum atomic E-state index is -0.350. The first-order valence-electron chi connectivity index (χ1n) is 10.2. The smallest absolute Gasteiger partial charge is 0.338 e. The predicted octanol–water partition coefficient (Wildman–Crippen LogP) is 4.58. The average molecular weight is 426 g/mol. The third-order valence-corrected chi connectivity index (χ3v) is 4.99. The molecule has 0 saturated heterocycles. The first kappa shape index (κ1) is 21.0. The zero-order valence-electron chi connectivity index (χ0n) is 17.8. The molecule has 0 fully saturated rings. The second kappa shape index (κ2) is 9.26. The van der Waals surface area contributed by atoms with Crippen molar-refractivity contribution in [2.24, 2.45) is 0 Å². The number of esters is 1. The van der Waals surface area contributed by atoms with E-state index in [-0.39, 0.29) is 11.9 Å². The van der Waals surface area contributed by atoms with Gasteiger partial charge in [-0.2, -0.15) is 0 Å². The lowest BCUT2D eigenvalue weighted by Crippen LogP contribution is -2.17. The molecule has 0 radical (unpaired) electrons. The van der Waals surface area contributed by atoms with Crippen LogP contribution in [0.25, 0.3) is 22.0 Å². The van der Waals surface area contributed by atoms with Gasteiger partial charge >= 0.3 is 5.97 Å². The monoisotopic (exact) mass is 426 g/mol. The Hall–Kier alpha value is -4.26. The van der Waals surface area contributed by atoms with Gasteiger partial charge < -0.3 is 15.4 Å². The van der Waals surface area contributed by atoms with Crippen LogP contribution in [0.3, 0.4) is 0 Å². The van der Waals surface area contributed by atoms with E-state index in [4.69, 9.17) is 4.74 Å². The van der Waals surface area contributed by atoms with Crippen molar-refractivity contribution in [2.75, 3.05) is 19.0 Å². The number of nitrogens with zero attached hydrogens (tertiary/aromatic N) is 2. The molecule has 4 rings (SSSR count). The first-order chi connectivity index (χ1) is 15.6. The molecule has 0 spiro atoms. The maximum atomic E-state index is 11.9. The van der Waals surface area contributed by atoms with Crippen molar-refractivity contribution < 1.29 is 14.3 Å². The topological polar surface area (TPSA) is 93.2 Å². The quantitative estimate of drug-likeness (QED) is 0.439. The van der Waals surface area contributed by atoms with Crippen LogP contribution in [0.2, 0.25) is 0 Å². The van der Waals surface area contributed by atoms with Crippen LogP contribution in [0.1, 0.15) is 27.6 Å². The number of amides is 1. The summed E-state index contributed by atoms with van der Waals surface area (Å²) in [5.74, 6) is 0.122. The van der Waals surface area contributed by atoms with Gasteiger partial charge in [0, 0.05) is 34.6 Å². The summed E-state index contributed by atoms with van der Waals surface area (Å²) in [5.41, 5.74) is 3.44. The molecule has 7 nitrogen and oxygen atoms in total. The van der Waals surface area contributed by atoms with Gasteiger partial charge in [-0.05, 0) is 43.3 Å². The Balaban J connectivity index is 1.66. The van der Waals surface area contributed by atoms with E-state index in [9.17, 15) is 9.59 Å². The molecular formula is C25H22N4O3. The number of ether oxygens (including phenoxy) is 1. The molecule has 0 unspecified atom stereocenters. The lowest BCUT2D eigenvalue weighted by Gasteiger charge is -2.12. The van der Waals surface area contributed by atoms with Crippen LogP contribution in [0.5, 0.6) is 0 Å². The largest absolute Gasteiger partial charge is 0.462 e. The van der Waals surface area contributed by atoms with Crippen LogP contribution >= 0.6 is 0 Å². The number of aromatic nitrogens is 2. The third kappa shape index (κ3) is 4.27. The van der Waals surface area contributed by atoms with Crippen molar-refractivity contribution in [3.8, 4) is 11.3 Å². The number of rotatable bonds is 6. The summed E-state index contributed by atoms with van der Waals surface area (Å²) in [6, 6.07) is 22.1. The summed E-state index contributed by atoms with van der Waals surface area (Å²) in [7, 11) is 1.60. The summed E-state index contributed by atoms with van der Waals surface area (Å²) < 4.78 is 5.05. The summed E-state index contributed by atoms with van der Waals surface area (Å²) in [4.78, 5) is 23.7. The summed E-state index contributed by atoms with van der Waals surface area (Å²) in [6.45, 7) is 2.11. The molecule has 3 aromatic carbocycles. The summed E-state index contributed by atoms with van der Waals surface area (Å²) in [6.07, 6.45) is 0. The Morgan fingerprint density at radius 1 is 0.844 bits per heavy atom. The molecule has 7 heteroatoms. The molecule has 32 heavy (non-hydrogen) atoms. The van der Waals surface area contributed by atoms with Crippen molar-refractivity contribution >= 4 is 34.2 Å². The molecule has 1 amide bonds. The second-order valence-corrected chi connectivity index (χ2v) is 7.02. The highest BCUT2D eigenvalue weighted by Gasteiger charge is 2.13. The third-order valence-electron chi connectivity index (χ3n) is 4.99. The first-order valence-corrected chi connectivity index (χ1v) is 10.2. The van der Waals surface area contributed by atoms with Crippen LogP contribution in [0.15, 0.2) is 72.8 Å². The van der Waals surface area contributed by atoms with E-state index in [1.165, 1.54) is 0 Å². The van der Waals surface area contributed by atoms with Crippen LogP contribution in [-0.2, 0) is 4.74 Å². The van der Waals surface area contributed by atoms with Crippen molar-refractivity contribution in [1.29, 1.82) is 0 Å². The normalized spacial score (nSPS) is 10.6. The van der Waals surface area contributed by atoms with Crippen molar-refractivity contribution in [3.63, 3.8) is 0 Å². The highest BCUT2D eigenvalue weighted by atomic mass is 16.5. The predicted molar refractivity (Wildman–Crippen MR) is 124 cm³/mol. The number of hydrogen-bond donors (Lipinski definition) is 2. The van der Waals surface area contributed by atoms with Gasteiger partial charge in [-0.1, -0.05) is 36.4 Å². The highest BCUT2D eigenvalue weighted by molar-refractivity contribution is 6.01. The molecular weight excluding hydrogens is 404 g/mol. The van der Waals surface area contributed by atoms with E-state index < -0.39 is 0 Å². The minimum absolute atomic E-state index is 0.139. The zero-order chi connectivity index (χ0) is 22.5. The zero-order valence-corrected chi connectivity index (χ0v) is 17.8. The Bertz CT molecular complexity index is 1270. The van der Waals surface area contributed by atoms with Crippen molar-refractivity contribution in [2.45, 2.75) is 6.92 Å². The van der Waals surface area contributed by atoms with E-state index >= 15 is 0 Å². The SMILES string of the molecule is CCOC(=O)c1ccc(-c2nnc(Nc3ccc(C(=O)NC)cc3)c3ccccc23)cc1. The van der Waals surface area contributed by atoms with E-state index in [1.807, 2.05) is 48.5 Å². The molecule has 1 heterocycles. The Kier molecular flexibility index (Phi) is 6.07. The molecule has 160 valence electrons. The molecule has 0 aliphatic rings.